The highest BCUT2D eigenvalue weighted by molar-refractivity contribution is 6.21. The lowest BCUT2D eigenvalue weighted by molar-refractivity contribution is -0.118. The first kappa shape index (κ1) is 8.45. The lowest BCUT2D eigenvalue weighted by atomic mass is 10.2. The summed E-state index contributed by atoms with van der Waals surface area (Å²) in [6, 6.07) is 1.76. The lowest BCUT2D eigenvalue weighted by Gasteiger charge is -1.95. The summed E-state index contributed by atoms with van der Waals surface area (Å²) in [5.41, 5.74) is 0. The Morgan fingerprint density at radius 3 is 2.78 bits per heavy atom. The molecule has 0 rings (SSSR count). The molecule has 0 amide bonds. The average Bonchev–Trinajstić information content (AvgIpc) is 1.63. The number of hydrogen-bond acceptors (Lipinski definition) is 2. The number of Topliss-reactive ketones (excluding diaryl/α,β-unsaturated/α-hetero) is 1. The second kappa shape index (κ2) is 4.34. The molecule has 0 fully saturated rings. The molecule has 0 aliphatic rings. The number of hydrogen-bond donors (Lipinski definition) is 0. The van der Waals surface area contributed by atoms with Crippen LogP contribution in [0.2, 0.25) is 0 Å². The predicted octanol–water partition coefficient (Wildman–Crippen LogP) is 1.49. The average molecular weight is 146 g/mol. The van der Waals surface area contributed by atoms with Gasteiger partial charge in [0.05, 0.1) is 12.5 Å². The minimum Gasteiger partial charge on any atom is -0.298 e. The number of rotatable bonds is 3. The molecule has 0 aromatic rings. The van der Waals surface area contributed by atoms with E-state index >= 15 is 0 Å². The molecule has 0 aliphatic heterocycles. The van der Waals surface area contributed by atoms with Gasteiger partial charge in [-0.05, 0) is 6.92 Å². The van der Waals surface area contributed by atoms with Gasteiger partial charge in [0.1, 0.15) is 5.78 Å². The molecule has 50 valence electrons. The van der Waals surface area contributed by atoms with E-state index in [1.54, 1.807) is 13.0 Å². The van der Waals surface area contributed by atoms with E-state index in [-0.39, 0.29) is 17.6 Å². The van der Waals surface area contributed by atoms with E-state index in [0.717, 1.165) is 0 Å². The zero-order chi connectivity index (χ0) is 7.28. The van der Waals surface area contributed by atoms with Gasteiger partial charge in [0.25, 0.3) is 0 Å². The molecule has 0 aliphatic carbocycles. The Morgan fingerprint density at radius 2 is 2.44 bits per heavy atom. The second-order valence-corrected chi connectivity index (χ2v) is 2.60. The van der Waals surface area contributed by atoms with Crippen LogP contribution in [0, 0.1) is 11.3 Å². The highest BCUT2D eigenvalue weighted by atomic mass is 35.5. The van der Waals surface area contributed by atoms with Crippen molar-refractivity contribution in [1.29, 1.82) is 5.26 Å². The molecular formula is C6H8ClNO. The topological polar surface area (TPSA) is 40.9 Å². The molecule has 0 aromatic carbocycles. The van der Waals surface area contributed by atoms with E-state index in [9.17, 15) is 4.79 Å². The van der Waals surface area contributed by atoms with Crippen molar-refractivity contribution >= 4 is 17.4 Å². The fourth-order valence-electron chi connectivity index (χ4n) is 0.474. The third kappa shape index (κ3) is 5.32. The molecule has 0 aromatic heterocycles. The maximum atomic E-state index is 10.5. The van der Waals surface area contributed by atoms with Crippen LogP contribution in [-0.4, -0.2) is 11.2 Å². The Labute approximate surface area is 59.4 Å². The molecule has 0 bridgehead atoms. The Morgan fingerprint density at radius 1 is 1.89 bits per heavy atom. The van der Waals surface area contributed by atoms with Gasteiger partial charge in [-0.25, -0.2) is 0 Å². The largest absolute Gasteiger partial charge is 0.298 e. The third-order valence-corrected chi connectivity index (χ3v) is 0.939. The molecule has 1 atom stereocenters. The molecule has 2 nitrogen and oxygen atoms in total. The standard InChI is InChI=1S/C6H8ClNO/c1-5(7)4-6(9)2-3-8/h5H,2,4H2,1H3. The fourth-order valence-corrected chi connectivity index (χ4v) is 0.646. The van der Waals surface area contributed by atoms with Crippen molar-refractivity contribution in [2.45, 2.75) is 25.1 Å². The number of carbonyl (C=O) groups is 1. The second-order valence-electron chi connectivity index (χ2n) is 1.86. The number of ketones is 1. The molecule has 1 unspecified atom stereocenters. The molecular weight excluding hydrogens is 138 g/mol. The summed E-state index contributed by atoms with van der Waals surface area (Å²) in [7, 11) is 0. The van der Waals surface area contributed by atoms with Crippen LogP contribution >= 0.6 is 11.6 Å². The van der Waals surface area contributed by atoms with E-state index in [2.05, 4.69) is 0 Å². The van der Waals surface area contributed by atoms with Crippen LogP contribution in [0.4, 0.5) is 0 Å². The van der Waals surface area contributed by atoms with Crippen LogP contribution in [0.15, 0.2) is 0 Å². The van der Waals surface area contributed by atoms with Crippen LogP contribution in [0.25, 0.3) is 0 Å². The third-order valence-electron chi connectivity index (χ3n) is 0.785. The summed E-state index contributed by atoms with van der Waals surface area (Å²) in [6.07, 6.45) is 0.284. The predicted molar refractivity (Wildman–Crippen MR) is 35.2 cm³/mol. The fraction of sp³-hybridized carbons (Fsp3) is 0.667. The van der Waals surface area contributed by atoms with Crippen LogP contribution in [0.5, 0.6) is 0 Å². The summed E-state index contributed by atoms with van der Waals surface area (Å²) >= 11 is 5.48. The van der Waals surface area contributed by atoms with Crippen LogP contribution in [0.1, 0.15) is 19.8 Å². The SMILES string of the molecule is CC(Cl)CC(=O)CC#N. The van der Waals surface area contributed by atoms with Crippen molar-refractivity contribution < 1.29 is 4.79 Å². The summed E-state index contributed by atoms with van der Waals surface area (Å²) in [6.45, 7) is 1.73. The summed E-state index contributed by atoms with van der Waals surface area (Å²) in [5.74, 6) is -0.0833. The molecule has 0 heterocycles. The van der Waals surface area contributed by atoms with E-state index in [1.165, 1.54) is 0 Å². The molecule has 9 heavy (non-hydrogen) atoms. The Hall–Kier alpha value is -0.550. The van der Waals surface area contributed by atoms with Crippen molar-refractivity contribution in [3.63, 3.8) is 0 Å². The van der Waals surface area contributed by atoms with Crippen molar-refractivity contribution in [2.24, 2.45) is 0 Å². The van der Waals surface area contributed by atoms with Gasteiger partial charge in [0, 0.05) is 11.8 Å². The minimum atomic E-state index is -0.147. The highest BCUT2D eigenvalue weighted by Gasteiger charge is 2.04. The first-order chi connectivity index (χ1) is 4.16. The van der Waals surface area contributed by atoms with Gasteiger partial charge in [-0.1, -0.05) is 0 Å². The molecule has 0 N–H and O–H groups in total. The normalized spacial score (nSPS) is 12.1. The van der Waals surface area contributed by atoms with Crippen molar-refractivity contribution in [3.05, 3.63) is 0 Å². The van der Waals surface area contributed by atoms with Gasteiger partial charge in [0.2, 0.25) is 0 Å². The van der Waals surface area contributed by atoms with Crippen LogP contribution in [0.3, 0.4) is 0 Å². The monoisotopic (exact) mass is 145 g/mol. The smallest absolute Gasteiger partial charge is 0.148 e. The van der Waals surface area contributed by atoms with Gasteiger partial charge in [-0.15, -0.1) is 11.6 Å². The number of carbonyl (C=O) groups excluding carboxylic acids is 1. The van der Waals surface area contributed by atoms with Gasteiger partial charge < -0.3 is 0 Å². The van der Waals surface area contributed by atoms with Crippen molar-refractivity contribution in [2.75, 3.05) is 0 Å². The number of nitrogens with zero attached hydrogens (tertiary/aromatic N) is 1. The molecule has 0 radical (unpaired) electrons. The first-order valence-corrected chi connectivity index (χ1v) is 3.13. The molecule has 0 saturated carbocycles. The lowest BCUT2D eigenvalue weighted by Crippen LogP contribution is -2.02. The van der Waals surface area contributed by atoms with Crippen molar-refractivity contribution in [3.8, 4) is 6.07 Å². The summed E-state index contributed by atoms with van der Waals surface area (Å²) in [4.78, 5) is 10.5. The van der Waals surface area contributed by atoms with Gasteiger partial charge >= 0.3 is 0 Å². The molecule has 3 heteroatoms. The summed E-state index contributed by atoms with van der Waals surface area (Å²) in [5, 5.41) is 7.89. The minimum absolute atomic E-state index is 0.0168. The van der Waals surface area contributed by atoms with E-state index in [4.69, 9.17) is 16.9 Å². The van der Waals surface area contributed by atoms with E-state index < -0.39 is 0 Å². The van der Waals surface area contributed by atoms with Gasteiger partial charge in [-0.3, -0.25) is 4.79 Å². The number of nitriles is 1. The van der Waals surface area contributed by atoms with Crippen LogP contribution < -0.4 is 0 Å². The quantitative estimate of drug-likeness (QED) is 0.565. The van der Waals surface area contributed by atoms with E-state index in [0.29, 0.717) is 6.42 Å². The zero-order valence-corrected chi connectivity index (χ0v) is 5.98. The Balaban J connectivity index is 3.42. The first-order valence-electron chi connectivity index (χ1n) is 2.69. The van der Waals surface area contributed by atoms with E-state index in [1.807, 2.05) is 0 Å². The number of halogens is 1. The maximum absolute atomic E-state index is 10.5. The Bertz CT molecular complexity index is 136. The summed E-state index contributed by atoms with van der Waals surface area (Å²) < 4.78 is 0. The highest BCUT2D eigenvalue weighted by Crippen LogP contribution is 2.01. The number of alkyl halides is 1. The van der Waals surface area contributed by atoms with Gasteiger partial charge in [0.15, 0.2) is 0 Å². The van der Waals surface area contributed by atoms with Crippen molar-refractivity contribution in [1.82, 2.24) is 0 Å². The van der Waals surface area contributed by atoms with Gasteiger partial charge in [-0.2, -0.15) is 5.26 Å². The zero-order valence-electron chi connectivity index (χ0n) is 5.22. The maximum Gasteiger partial charge on any atom is 0.148 e. The Kier molecular flexibility index (Phi) is 4.08. The van der Waals surface area contributed by atoms with Crippen LogP contribution in [-0.2, 0) is 4.79 Å². The molecule has 0 spiro atoms. The molecule has 0 saturated heterocycles.